The van der Waals surface area contributed by atoms with E-state index in [2.05, 4.69) is 62.5 Å². The molecule has 0 rings (SSSR count). The van der Waals surface area contributed by atoms with Crippen LogP contribution in [0.5, 0.6) is 0 Å². The third-order valence-corrected chi connectivity index (χ3v) is 11.2. The molecule has 2 atom stereocenters. The zero-order valence-electron chi connectivity index (χ0n) is 40.4. The molecule has 8 heteroatoms. The smallest absolute Gasteiger partial charge is 0.362 e. The Morgan fingerprint density at radius 2 is 0.918 bits per heavy atom. The standard InChI is InChI=1S/C53H95NO7/c1-6-8-10-12-14-16-18-20-22-23-24-25-26-27-28-29-30-32-34-36-38-40-42-44-52(56)61-49(47-59-46-45-50(53(57)58)54(3,4)5)48-60-51(55)43-41-39-37-35-33-31-21-19-17-15-13-11-9-7-2/h8,10,14,16,20,22,31,33,49-50H,6-7,9,11-13,15,17-19,21,23-30,32,34-48H2,1-5H3/p+1/b10-8+,16-14+,22-20+,33-31+. The predicted molar refractivity (Wildman–Crippen MR) is 257 cm³/mol. The van der Waals surface area contributed by atoms with Gasteiger partial charge in [0.05, 0.1) is 34.4 Å². The number of quaternary nitrogens is 1. The number of rotatable bonds is 45. The number of esters is 2. The first-order valence-corrected chi connectivity index (χ1v) is 25.2. The van der Waals surface area contributed by atoms with Crippen molar-refractivity contribution in [2.24, 2.45) is 0 Å². The molecule has 0 aromatic heterocycles. The Hall–Kier alpha value is -2.71. The van der Waals surface area contributed by atoms with Crippen molar-refractivity contribution in [2.45, 2.75) is 231 Å². The van der Waals surface area contributed by atoms with Crippen LogP contribution in [0.25, 0.3) is 0 Å². The molecule has 0 aliphatic rings. The summed E-state index contributed by atoms with van der Waals surface area (Å²) in [5, 5.41) is 9.64. The number of hydrogen-bond donors (Lipinski definition) is 1. The maximum Gasteiger partial charge on any atom is 0.362 e. The van der Waals surface area contributed by atoms with Crippen molar-refractivity contribution in [3.05, 3.63) is 48.6 Å². The summed E-state index contributed by atoms with van der Waals surface area (Å²) in [6, 6.07) is -0.617. The summed E-state index contributed by atoms with van der Waals surface area (Å²) >= 11 is 0. The highest BCUT2D eigenvalue weighted by Crippen LogP contribution is 2.15. The van der Waals surface area contributed by atoms with Crippen LogP contribution in [-0.4, -0.2) is 80.6 Å². The Morgan fingerprint density at radius 1 is 0.508 bits per heavy atom. The second-order valence-electron chi connectivity index (χ2n) is 18.0. The van der Waals surface area contributed by atoms with Crippen molar-refractivity contribution < 1.29 is 38.2 Å². The van der Waals surface area contributed by atoms with E-state index >= 15 is 0 Å². The molecular weight excluding hydrogens is 763 g/mol. The summed E-state index contributed by atoms with van der Waals surface area (Å²) < 4.78 is 17.3. The molecule has 2 unspecified atom stereocenters. The molecule has 8 nitrogen and oxygen atoms in total. The molecule has 0 heterocycles. The van der Waals surface area contributed by atoms with E-state index in [1.54, 1.807) is 0 Å². The maximum atomic E-state index is 12.8. The van der Waals surface area contributed by atoms with Gasteiger partial charge in [-0.3, -0.25) is 9.59 Å². The van der Waals surface area contributed by atoms with E-state index < -0.39 is 18.1 Å². The minimum absolute atomic E-state index is 0.0570. The maximum absolute atomic E-state index is 12.8. The minimum atomic E-state index is -0.876. The first-order valence-electron chi connectivity index (χ1n) is 25.2. The van der Waals surface area contributed by atoms with Crippen LogP contribution in [0, 0.1) is 0 Å². The Labute approximate surface area is 376 Å². The molecule has 0 fully saturated rings. The number of carbonyl (C=O) groups is 3. The van der Waals surface area contributed by atoms with Crippen LogP contribution >= 0.6 is 0 Å². The van der Waals surface area contributed by atoms with Crippen LogP contribution in [-0.2, 0) is 28.6 Å². The van der Waals surface area contributed by atoms with Crippen molar-refractivity contribution in [3.63, 3.8) is 0 Å². The van der Waals surface area contributed by atoms with E-state index in [-0.39, 0.29) is 36.2 Å². The minimum Gasteiger partial charge on any atom is -0.477 e. The van der Waals surface area contributed by atoms with Crippen LogP contribution in [0.1, 0.15) is 219 Å². The van der Waals surface area contributed by atoms with Gasteiger partial charge in [-0.1, -0.05) is 178 Å². The second kappa shape index (κ2) is 43.9. The summed E-state index contributed by atoms with van der Waals surface area (Å²) in [6.45, 7) is 4.62. The van der Waals surface area contributed by atoms with Crippen molar-refractivity contribution in [2.75, 3.05) is 41.0 Å². The highest BCUT2D eigenvalue weighted by Gasteiger charge is 2.31. The van der Waals surface area contributed by atoms with Crippen LogP contribution in [0.15, 0.2) is 48.6 Å². The SMILES string of the molecule is CC/C=C/C/C=C/C/C=C/CCCCCCCCCCCCCCCC(=O)OC(COCCC(C(=O)O)[N+](C)(C)C)COC(=O)CCCCC/C=C/CCCCCCCCC. The van der Waals surface area contributed by atoms with E-state index in [9.17, 15) is 19.5 Å². The van der Waals surface area contributed by atoms with E-state index in [1.807, 2.05) is 21.1 Å². The summed E-state index contributed by atoms with van der Waals surface area (Å²) in [5.74, 6) is -1.48. The molecule has 0 bridgehead atoms. The lowest BCUT2D eigenvalue weighted by Crippen LogP contribution is -2.50. The monoisotopic (exact) mass is 859 g/mol. The number of ether oxygens (including phenoxy) is 3. The van der Waals surface area contributed by atoms with Crippen LogP contribution < -0.4 is 0 Å². The summed E-state index contributed by atoms with van der Waals surface area (Å²) in [5.41, 5.74) is 0. The van der Waals surface area contributed by atoms with Gasteiger partial charge in [0.25, 0.3) is 0 Å². The van der Waals surface area contributed by atoms with Crippen molar-refractivity contribution in [3.8, 4) is 0 Å². The van der Waals surface area contributed by atoms with Crippen LogP contribution in [0.2, 0.25) is 0 Å². The lowest BCUT2D eigenvalue weighted by Gasteiger charge is -2.31. The fraction of sp³-hybridized carbons (Fsp3) is 0.792. The topological polar surface area (TPSA) is 99.1 Å². The van der Waals surface area contributed by atoms with Gasteiger partial charge in [0.1, 0.15) is 6.61 Å². The lowest BCUT2D eigenvalue weighted by molar-refractivity contribution is -0.887. The lowest BCUT2D eigenvalue weighted by atomic mass is 10.0. The number of carboxylic acids is 1. The molecule has 0 spiro atoms. The van der Waals surface area contributed by atoms with Gasteiger partial charge in [-0.15, -0.1) is 0 Å². The first kappa shape index (κ1) is 58.3. The Balaban J connectivity index is 4.22. The third kappa shape index (κ3) is 42.4. The highest BCUT2D eigenvalue weighted by molar-refractivity contribution is 5.72. The Morgan fingerprint density at radius 3 is 1.39 bits per heavy atom. The highest BCUT2D eigenvalue weighted by atomic mass is 16.6. The third-order valence-electron chi connectivity index (χ3n) is 11.2. The number of carbonyl (C=O) groups excluding carboxylic acids is 2. The van der Waals surface area contributed by atoms with Gasteiger partial charge in [-0.2, -0.15) is 0 Å². The van der Waals surface area contributed by atoms with Crippen molar-refractivity contribution >= 4 is 17.9 Å². The average Bonchev–Trinajstić information content (AvgIpc) is 3.22. The summed E-state index contributed by atoms with van der Waals surface area (Å²) in [7, 11) is 5.53. The van der Waals surface area contributed by atoms with Gasteiger partial charge in [0.2, 0.25) is 0 Å². The van der Waals surface area contributed by atoms with Gasteiger partial charge in [0, 0.05) is 19.3 Å². The van der Waals surface area contributed by atoms with Crippen molar-refractivity contribution in [1.29, 1.82) is 0 Å². The molecule has 0 saturated heterocycles. The van der Waals surface area contributed by atoms with Gasteiger partial charge in [-0.25, -0.2) is 4.79 Å². The number of unbranched alkanes of at least 4 members (excludes halogenated alkanes) is 23. The quantitative estimate of drug-likeness (QED) is 0.0282. The Bertz CT molecular complexity index is 1140. The number of aliphatic carboxylic acids is 1. The summed E-state index contributed by atoms with van der Waals surface area (Å²) in [4.78, 5) is 37.1. The molecular formula is C53H96NO7+. The molecule has 0 radical (unpaired) electrons. The van der Waals surface area contributed by atoms with Crippen molar-refractivity contribution in [1.82, 2.24) is 0 Å². The largest absolute Gasteiger partial charge is 0.477 e. The molecule has 0 aliphatic heterocycles. The number of nitrogens with zero attached hydrogens (tertiary/aromatic N) is 1. The van der Waals surface area contributed by atoms with Gasteiger partial charge < -0.3 is 23.8 Å². The fourth-order valence-electron chi connectivity index (χ4n) is 7.34. The zero-order chi connectivity index (χ0) is 44.9. The molecule has 0 amide bonds. The molecule has 0 aromatic rings. The fourth-order valence-corrected chi connectivity index (χ4v) is 7.34. The Kier molecular flexibility index (Phi) is 42.0. The van der Waals surface area contributed by atoms with E-state index in [0.29, 0.717) is 19.3 Å². The number of allylic oxidation sites excluding steroid dienone is 8. The second-order valence-corrected chi connectivity index (χ2v) is 18.0. The average molecular weight is 859 g/mol. The predicted octanol–water partition coefficient (Wildman–Crippen LogP) is 14.4. The van der Waals surface area contributed by atoms with Gasteiger partial charge in [-0.05, 0) is 70.6 Å². The normalized spacial score (nSPS) is 13.3. The van der Waals surface area contributed by atoms with Crippen LogP contribution in [0.4, 0.5) is 0 Å². The van der Waals surface area contributed by atoms with E-state index in [4.69, 9.17) is 14.2 Å². The molecule has 0 aliphatic carbocycles. The number of likely N-dealkylation sites (N-methyl/N-ethyl adjacent to an activating group) is 1. The molecule has 1 N–H and O–H groups in total. The molecule has 0 aromatic carbocycles. The molecule has 354 valence electrons. The summed E-state index contributed by atoms with van der Waals surface area (Å²) in [6.07, 6.45) is 53.0. The first-order chi connectivity index (χ1) is 29.6. The van der Waals surface area contributed by atoms with Gasteiger partial charge >= 0.3 is 17.9 Å². The number of hydrogen-bond acceptors (Lipinski definition) is 6. The molecule has 61 heavy (non-hydrogen) atoms. The van der Waals surface area contributed by atoms with Gasteiger partial charge in [0.15, 0.2) is 12.1 Å². The molecule has 0 saturated carbocycles. The van der Waals surface area contributed by atoms with Crippen LogP contribution in [0.3, 0.4) is 0 Å². The zero-order valence-corrected chi connectivity index (χ0v) is 40.4. The van der Waals surface area contributed by atoms with E-state index in [1.165, 1.54) is 116 Å². The van der Waals surface area contributed by atoms with E-state index in [0.717, 1.165) is 70.6 Å². The number of carboxylic acid groups (broad SMARTS) is 1.